The zero-order valence-corrected chi connectivity index (χ0v) is 15.5. The van der Waals surface area contributed by atoms with Crippen molar-refractivity contribution in [2.24, 2.45) is 22.2 Å². The standard InChI is InChI=1S/C21H33N/c1-16(2)8-9-19-10-13-21(7,18(5)6)14-11-20(19)22-15-12-17(3)4/h10-16,18H,8-9H2,1-7H3/b22-15-. The van der Waals surface area contributed by atoms with Gasteiger partial charge in [-0.05, 0) is 56.3 Å². The van der Waals surface area contributed by atoms with Crippen molar-refractivity contribution in [2.75, 3.05) is 0 Å². The first kappa shape index (κ1) is 18.7. The molecule has 0 radical (unpaired) electrons. The summed E-state index contributed by atoms with van der Waals surface area (Å²) < 4.78 is 0. The molecule has 1 heteroatoms. The monoisotopic (exact) mass is 299 g/mol. The highest BCUT2D eigenvalue weighted by Gasteiger charge is 2.23. The normalized spacial score (nSPS) is 22.0. The Morgan fingerprint density at radius 3 is 2.32 bits per heavy atom. The Labute approximate surface area is 137 Å². The van der Waals surface area contributed by atoms with E-state index in [4.69, 9.17) is 4.99 Å². The lowest BCUT2D eigenvalue weighted by Gasteiger charge is -2.26. The molecule has 0 aromatic carbocycles. The Morgan fingerprint density at radius 1 is 1.14 bits per heavy atom. The molecular weight excluding hydrogens is 266 g/mol. The summed E-state index contributed by atoms with van der Waals surface area (Å²) >= 11 is 0. The van der Waals surface area contributed by atoms with Gasteiger partial charge >= 0.3 is 0 Å². The van der Waals surface area contributed by atoms with E-state index >= 15 is 0 Å². The van der Waals surface area contributed by atoms with Gasteiger partial charge in [0.2, 0.25) is 0 Å². The average Bonchev–Trinajstić information content (AvgIpc) is 2.57. The number of hydrogen-bond donors (Lipinski definition) is 0. The van der Waals surface area contributed by atoms with Crippen molar-refractivity contribution in [3.8, 4) is 0 Å². The van der Waals surface area contributed by atoms with E-state index in [1.165, 1.54) is 17.6 Å². The number of hydrogen-bond acceptors (Lipinski definition) is 1. The molecule has 0 aromatic rings. The van der Waals surface area contributed by atoms with E-state index in [-0.39, 0.29) is 5.41 Å². The van der Waals surface area contributed by atoms with Crippen LogP contribution in [0.15, 0.2) is 52.2 Å². The largest absolute Gasteiger partial charge is 0.257 e. The molecule has 0 saturated heterocycles. The molecule has 1 aliphatic carbocycles. The second-order valence-electron chi connectivity index (χ2n) is 7.55. The van der Waals surface area contributed by atoms with E-state index in [9.17, 15) is 0 Å². The maximum atomic E-state index is 4.71. The first-order valence-electron chi connectivity index (χ1n) is 8.54. The number of nitrogens with zero attached hydrogens (tertiary/aromatic N) is 1. The van der Waals surface area contributed by atoms with Crippen LogP contribution in [0, 0.1) is 17.3 Å². The fourth-order valence-corrected chi connectivity index (χ4v) is 2.22. The zero-order chi connectivity index (χ0) is 16.8. The first-order valence-corrected chi connectivity index (χ1v) is 8.54. The van der Waals surface area contributed by atoms with Gasteiger partial charge < -0.3 is 0 Å². The zero-order valence-electron chi connectivity index (χ0n) is 15.5. The van der Waals surface area contributed by atoms with Crippen molar-refractivity contribution >= 4 is 6.21 Å². The molecule has 1 rings (SSSR count). The Balaban J connectivity index is 3.11. The van der Waals surface area contributed by atoms with Crippen LogP contribution in [-0.4, -0.2) is 6.21 Å². The fourth-order valence-electron chi connectivity index (χ4n) is 2.22. The van der Waals surface area contributed by atoms with Crippen molar-refractivity contribution < 1.29 is 0 Å². The maximum Gasteiger partial charge on any atom is 0.0658 e. The third kappa shape index (κ3) is 5.79. The average molecular weight is 300 g/mol. The molecule has 0 fully saturated rings. The molecule has 1 nitrogen and oxygen atoms in total. The summed E-state index contributed by atoms with van der Waals surface area (Å²) in [5, 5.41) is 0. The van der Waals surface area contributed by atoms with Crippen LogP contribution in [0.4, 0.5) is 0 Å². The van der Waals surface area contributed by atoms with Crippen molar-refractivity contribution in [3.05, 3.63) is 47.2 Å². The third-order valence-electron chi connectivity index (χ3n) is 4.43. The molecule has 0 spiro atoms. The predicted molar refractivity (Wildman–Crippen MR) is 100 cm³/mol. The number of rotatable bonds is 6. The lowest BCUT2D eigenvalue weighted by molar-refractivity contribution is 0.383. The van der Waals surface area contributed by atoms with E-state index in [1.807, 2.05) is 6.21 Å². The molecule has 0 aromatic heterocycles. The predicted octanol–water partition coefficient (Wildman–Crippen LogP) is 6.50. The van der Waals surface area contributed by atoms with Crippen LogP contribution < -0.4 is 0 Å². The van der Waals surface area contributed by atoms with E-state index in [2.05, 4.69) is 78.8 Å². The van der Waals surface area contributed by atoms with E-state index in [1.54, 1.807) is 0 Å². The topological polar surface area (TPSA) is 12.4 Å². The summed E-state index contributed by atoms with van der Waals surface area (Å²) in [6.07, 6.45) is 15.5. The Bertz CT molecular complexity index is 508. The molecule has 0 amide bonds. The van der Waals surface area contributed by atoms with Crippen LogP contribution in [0.25, 0.3) is 0 Å². The summed E-state index contributed by atoms with van der Waals surface area (Å²) in [6.45, 7) is 15.6. The van der Waals surface area contributed by atoms with E-state index < -0.39 is 0 Å². The minimum absolute atomic E-state index is 0.108. The Kier molecular flexibility index (Phi) is 7.06. The van der Waals surface area contributed by atoms with Gasteiger partial charge in [-0.1, -0.05) is 58.4 Å². The second kappa shape index (κ2) is 8.31. The molecule has 0 saturated carbocycles. The van der Waals surface area contributed by atoms with Gasteiger partial charge in [0.15, 0.2) is 0 Å². The van der Waals surface area contributed by atoms with Gasteiger partial charge in [-0.25, -0.2) is 0 Å². The lowest BCUT2D eigenvalue weighted by Crippen LogP contribution is -2.17. The lowest BCUT2D eigenvalue weighted by atomic mass is 9.79. The minimum atomic E-state index is 0.108. The number of aliphatic imine (C=N–C) groups is 1. The first-order chi connectivity index (χ1) is 10.2. The molecule has 1 atom stereocenters. The van der Waals surface area contributed by atoms with Crippen LogP contribution >= 0.6 is 0 Å². The van der Waals surface area contributed by atoms with Gasteiger partial charge in [0.05, 0.1) is 5.70 Å². The minimum Gasteiger partial charge on any atom is -0.257 e. The van der Waals surface area contributed by atoms with E-state index in [0.29, 0.717) is 11.8 Å². The molecular formula is C21H33N. The quantitative estimate of drug-likeness (QED) is 0.496. The van der Waals surface area contributed by atoms with Gasteiger partial charge in [0.1, 0.15) is 0 Å². The van der Waals surface area contributed by atoms with Gasteiger partial charge in [-0.2, -0.15) is 0 Å². The molecule has 1 unspecified atom stereocenters. The summed E-state index contributed by atoms with van der Waals surface area (Å²) in [6, 6.07) is 0. The second-order valence-corrected chi connectivity index (χ2v) is 7.55. The molecule has 0 N–H and O–H groups in total. The summed E-state index contributed by atoms with van der Waals surface area (Å²) in [7, 11) is 0. The van der Waals surface area contributed by atoms with Gasteiger partial charge in [-0.3, -0.25) is 4.99 Å². The van der Waals surface area contributed by atoms with Crippen LogP contribution in [0.3, 0.4) is 0 Å². The molecule has 0 bridgehead atoms. The third-order valence-corrected chi connectivity index (χ3v) is 4.43. The van der Waals surface area contributed by atoms with Gasteiger partial charge in [0.25, 0.3) is 0 Å². The highest BCUT2D eigenvalue weighted by atomic mass is 14.7. The van der Waals surface area contributed by atoms with E-state index in [0.717, 1.165) is 12.1 Å². The molecule has 22 heavy (non-hydrogen) atoms. The van der Waals surface area contributed by atoms with Gasteiger partial charge in [-0.15, -0.1) is 0 Å². The maximum absolute atomic E-state index is 4.71. The van der Waals surface area contributed by atoms with Crippen LogP contribution in [0.2, 0.25) is 0 Å². The summed E-state index contributed by atoms with van der Waals surface area (Å²) in [5.41, 5.74) is 3.84. The molecule has 0 heterocycles. The highest BCUT2D eigenvalue weighted by molar-refractivity contribution is 5.73. The smallest absolute Gasteiger partial charge is 0.0658 e. The highest BCUT2D eigenvalue weighted by Crippen LogP contribution is 2.35. The fraction of sp³-hybridized carbons (Fsp3) is 0.571. The summed E-state index contributed by atoms with van der Waals surface area (Å²) in [5.74, 6) is 1.29. The van der Waals surface area contributed by atoms with Gasteiger partial charge in [0, 0.05) is 11.6 Å². The van der Waals surface area contributed by atoms with Crippen LogP contribution in [0.5, 0.6) is 0 Å². The van der Waals surface area contributed by atoms with Crippen molar-refractivity contribution in [3.63, 3.8) is 0 Å². The SMILES string of the molecule is CC(C)=C/C=N\C1=C(CCC(C)C)C=CC(C)(C(C)C)C=C1. The Morgan fingerprint density at radius 2 is 1.77 bits per heavy atom. The summed E-state index contributed by atoms with van der Waals surface area (Å²) in [4.78, 5) is 4.71. The van der Waals surface area contributed by atoms with Crippen molar-refractivity contribution in [1.29, 1.82) is 0 Å². The van der Waals surface area contributed by atoms with Crippen molar-refractivity contribution in [1.82, 2.24) is 0 Å². The van der Waals surface area contributed by atoms with Crippen molar-refractivity contribution in [2.45, 2.75) is 61.3 Å². The molecule has 122 valence electrons. The van der Waals surface area contributed by atoms with Crippen LogP contribution in [0.1, 0.15) is 61.3 Å². The Hall–Kier alpha value is -1.37. The van der Waals surface area contributed by atoms with Crippen LogP contribution in [-0.2, 0) is 0 Å². The molecule has 1 aliphatic rings. The number of allylic oxidation sites excluding steroid dienone is 7. The molecule has 0 aliphatic heterocycles.